The van der Waals surface area contributed by atoms with Crippen molar-refractivity contribution in [2.24, 2.45) is 0 Å². The van der Waals surface area contributed by atoms with Gasteiger partial charge in [0.15, 0.2) is 0 Å². The molecule has 6 nitrogen and oxygen atoms in total. The largest absolute Gasteiger partial charge is 0.435 e. The maximum absolute atomic E-state index is 13.4. The van der Waals surface area contributed by atoms with Crippen molar-refractivity contribution in [1.29, 1.82) is 0 Å². The molecule has 0 saturated heterocycles. The number of nitrogens with one attached hydrogen (secondary N) is 1. The van der Waals surface area contributed by atoms with Crippen LogP contribution in [0.15, 0.2) is 64.9 Å². The lowest BCUT2D eigenvalue weighted by Crippen LogP contribution is -2.37. The first-order valence-corrected chi connectivity index (χ1v) is 12.6. The number of amides is 1. The Kier molecular flexibility index (Phi) is 6.78. The quantitative estimate of drug-likeness (QED) is 0.524. The Labute approximate surface area is 194 Å². The molecule has 1 aliphatic rings. The molecule has 33 heavy (non-hydrogen) atoms. The van der Waals surface area contributed by atoms with Gasteiger partial charge in [0.1, 0.15) is 15.5 Å². The number of benzene rings is 2. The zero-order valence-electron chi connectivity index (χ0n) is 17.7. The summed E-state index contributed by atoms with van der Waals surface area (Å²) < 4.78 is 57.5. The standard InChI is InChI=1S/C23H22F2N2O4S2/c1-15(17-7-4-8-19(13-17)31-23(24)25)26-22(28)21-20(10-12-32-21)33(29,30)27-11-9-16-5-2-3-6-18(16)14-27/h2-8,10,12-13,15,23H,9,11,14H2,1H3,(H,26,28). The summed E-state index contributed by atoms with van der Waals surface area (Å²) in [7, 11) is -3.88. The van der Waals surface area contributed by atoms with Crippen molar-refractivity contribution in [1.82, 2.24) is 9.62 Å². The van der Waals surface area contributed by atoms with Crippen LogP contribution in [0.25, 0.3) is 0 Å². The minimum atomic E-state index is -3.88. The molecule has 1 amide bonds. The number of carbonyl (C=O) groups excluding carboxylic acids is 1. The molecule has 2 heterocycles. The Balaban J connectivity index is 1.52. The lowest BCUT2D eigenvalue weighted by Gasteiger charge is -2.28. The molecule has 1 aromatic heterocycles. The molecule has 4 rings (SSSR count). The third-order valence-electron chi connectivity index (χ3n) is 5.48. The lowest BCUT2D eigenvalue weighted by atomic mass is 10.0. The second-order valence-corrected chi connectivity index (χ2v) is 10.4. The number of nitrogens with zero attached hydrogens (tertiary/aromatic N) is 1. The van der Waals surface area contributed by atoms with Crippen LogP contribution < -0.4 is 10.1 Å². The number of fused-ring (bicyclic) bond motifs is 1. The summed E-state index contributed by atoms with van der Waals surface area (Å²) >= 11 is 1.04. The smallest absolute Gasteiger partial charge is 0.387 e. The fourth-order valence-corrected chi connectivity index (χ4v) is 6.51. The van der Waals surface area contributed by atoms with Crippen molar-refractivity contribution in [3.63, 3.8) is 0 Å². The van der Waals surface area contributed by atoms with E-state index in [2.05, 4.69) is 10.1 Å². The highest BCUT2D eigenvalue weighted by Gasteiger charge is 2.32. The molecule has 0 fully saturated rings. The van der Waals surface area contributed by atoms with Crippen LogP contribution >= 0.6 is 11.3 Å². The molecule has 10 heteroatoms. The Bertz CT molecular complexity index is 1260. The van der Waals surface area contributed by atoms with E-state index in [1.165, 1.54) is 22.5 Å². The summed E-state index contributed by atoms with van der Waals surface area (Å²) in [6.45, 7) is -0.680. The monoisotopic (exact) mass is 492 g/mol. The van der Waals surface area contributed by atoms with Crippen molar-refractivity contribution < 1.29 is 26.7 Å². The first-order valence-electron chi connectivity index (χ1n) is 10.3. The second kappa shape index (κ2) is 9.58. The lowest BCUT2D eigenvalue weighted by molar-refractivity contribution is -0.0499. The number of ether oxygens (including phenoxy) is 1. The molecule has 0 aliphatic carbocycles. The summed E-state index contributed by atoms with van der Waals surface area (Å²) in [5, 5.41) is 4.33. The molecule has 1 atom stereocenters. The number of carbonyl (C=O) groups is 1. The molecule has 0 bridgehead atoms. The third-order valence-corrected chi connectivity index (χ3v) is 8.41. The van der Waals surface area contributed by atoms with Crippen molar-refractivity contribution in [2.45, 2.75) is 37.4 Å². The highest BCUT2D eigenvalue weighted by Crippen LogP contribution is 2.30. The Hall–Kier alpha value is -2.82. The highest BCUT2D eigenvalue weighted by molar-refractivity contribution is 7.89. The van der Waals surface area contributed by atoms with Gasteiger partial charge in [0, 0.05) is 13.1 Å². The van der Waals surface area contributed by atoms with Crippen molar-refractivity contribution in [3.8, 4) is 5.75 Å². The van der Waals surface area contributed by atoms with E-state index < -0.39 is 28.6 Å². The van der Waals surface area contributed by atoms with Crippen LogP contribution in [0.5, 0.6) is 5.75 Å². The molecule has 0 radical (unpaired) electrons. The van der Waals surface area contributed by atoms with E-state index in [-0.39, 0.29) is 22.1 Å². The molecule has 174 valence electrons. The molecular weight excluding hydrogens is 470 g/mol. The van der Waals surface area contributed by atoms with Gasteiger partial charge in [-0.2, -0.15) is 13.1 Å². The van der Waals surface area contributed by atoms with E-state index >= 15 is 0 Å². The van der Waals surface area contributed by atoms with E-state index in [1.807, 2.05) is 24.3 Å². The van der Waals surface area contributed by atoms with Gasteiger partial charge in [-0.25, -0.2) is 8.42 Å². The summed E-state index contributed by atoms with van der Waals surface area (Å²) in [5.41, 5.74) is 2.63. The van der Waals surface area contributed by atoms with E-state index in [9.17, 15) is 22.0 Å². The SMILES string of the molecule is CC(NC(=O)c1sccc1S(=O)(=O)N1CCc2ccccc2C1)c1cccc(OC(F)F)c1. The molecule has 2 aromatic carbocycles. The van der Waals surface area contributed by atoms with Gasteiger partial charge < -0.3 is 10.1 Å². The summed E-state index contributed by atoms with van der Waals surface area (Å²) in [4.78, 5) is 13.0. The highest BCUT2D eigenvalue weighted by atomic mass is 32.2. The van der Waals surface area contributed by atoms with Gasteiger partial charge >= 0.3 is 6.61 Å². The molecule has 1 unspecified atom stereocenters. The summed E-state index contributed by atoms with van der Waals surface area (Å²) in [6.07, 6.45) is 0.606. The van der Waals surface area contributed by atoms with Gasteiger partial charge in [0.2, 0.25) is 10.0 Å². The first-order chi connectivity index (χ1) is 15.8. The van der Waals surface area contributed by atoms with Gasteiger partial charge in [0.25, 0.3) is 5.91 Å². The number of hydrogen-bond acceptors (Lipinski definition) is 5. The molecule has 1 aliphatic heterocycles. The van der Waals surface area contributed by atoms with Gasteiger partial charge in [0.05, 0.1) is 6.04 Å². The first kappa shape index (κ1) is 23.3. The maximum Gasteiger partial charge on any atom is 0.387 e. The molecule has 3 aromatic rings. The van der Waals surface area contributed by atoms with E-state index in [1.54, 1.807) is 24.4 Å². The van der Waals surface area contributed by atoms with Gasteiger partial charge in [-0.1, -0.05) is 36.4 Å². The van der Waals surface area contributed by atoms with Crippen LogP contribution in [-0.2, 0) is 23.0 Å². The average Bonchev–Trinajstić information content (AvgIpc) is 3.29. The Morgan fingerprint density at radius 1 is 1.12 bits per heavy atom. The number of alkyl halides is 2. The van der Waals surface area contributed by atoms with Crippen LogP contribution in [0.4, 0.5) is 8.78 Å². The predicted molar refractivity (Wildman–Crippen MR) is 121 cm³/mol. The molecule has 0 spiro atoms. The van der Waals surface area contributed by atoms with Crippen LogP contribution in [0.2, 0.25) is 0 Å². The topological polar surface area (TPSA) is 75.7 Å². The van der Waals surface area contributed by atoms with Crippen LogP contribution in [0.1, 0.15) is 39.3 Å². The number of halogens is 2. The average molecular weight is 493 g/mol. The zero-order valence-corrected chi connectivity index (χ0v) is 19.3. The minimum Gasteiger partial charge on any atom is -0.435 e. The maximum atomic E-state index is 13.4. The normalized spacial score (nSPS) is 15.2. The molecule has 1 N–H and O–H groups in total. The number of hydrogen-bond donors (Lipinski definition) is 1. The van der Waals surface area contributed by atoms with Gasteiger partial charge in [-0.05, 0) is 53.6 Å². The number of thiophene rings is 1. The fourth-order valence-electron chi connectivity index (χ4n) is 3.79. The molecular formula is C23H22F2N2O4S2. The van der Waals surface area contributed by atoms with Gasteiger partial charge in [-0.3, -0.25) is 4.79 Å². The third kappa shape index (κ3) is 5.07. The van der Waals surface area contributed by atoms with E-state index in [4.69, 9.17) is 0 Å². The van der Waals surface area contributed by atoms with Crippen molar-refractivity contribution >= 4 is 27.3 Å². The zero-order chi connectivity index (χ0) is 23.6. The Morgan fingerprint density at radius 2 is 1.88 bits per heavy atom. The van der Waals surface area contributed by atoms with Crippen LogP contribution in [0.3, 0.4) is 0 Å². The van der Waals surface area contributed by atoms with Crippen LogP contribution in [0, 0.1) is 0 Å². The number of rotatable bonds is 7. The second-order valence-electron chi connectivity index (χ2n) is 7.62. The van der Waals surface area contributed by atoms with E-state index in [0.29, 0.717) is 18.5 Å². The molecule has 0 saturated carbocycles. The minimum absolute atomic E-state index is 0.0200. The van der Waals surface area contributed by atoms with Crippen LogP contribution in [-0.4, -0.2) is 31.8 Å². The predicted octanol–water partition coefficient (Wildman–Crippen LogP) is 4.59. The van der Waals surface area contributed by atoms with Crippen molar-refractivity contribution in [3.05, 3.63) is 81.5 Å². The Morgan fingerprint density at radius 3 is 2.64 bits per heavy atom. The van der Waals surface area contributed by atoms with Gasteiger partial charge in [-0.15, -0.1) is 11.3 Å². The van der Waals surface area contributed by atoms with E-state index in [0.717, 1.165) is 22.5 Å². The fraction of sp³-hybridized carbons (Fsp3) is 0.261. The summed E-state index contributed by atoms with van der Waals surface area (Å²) in [6, 6.07) is 14.6. The van der Waals surface area contributed by atoms with Crippen molar-refractivity contribution in [2.75, 3.05) is 6.54 Å². The number of sulfonamides is 1. The summed E-state index contributed by atoms with van der Waals surface area (Å²) in [5.74, 6) is -0.568.